The highest BCUT2D eigenvalue weighted by atomic mass is 19.4. The van der Waals surface area contributed by atoms with Crippen molar-refractivity contribution in [2.75, 3.05) is 17.2 Å². The van der Waals surface area contributed by atoms with Crippen LogP contribution in [0.4, 0.5) is 43.9 Å². The van der Waals surface area contributed by atoms with Crippen molar-refractivity contribution in [1.82, 2.24) is 15.0 Å². The number of nitrogens with zero attached hydrogens (tertiary/aromatic N) is 3. The second-order valence-corrected chi connectivity index (χ2v) is 6.45. The fourth-order valence-electron chi connectivity index (χ4n) is 2.63. The lowest BCUT2D eigenvalue weighted by Gasteiger charge is -2.12. The largest absolute Gasteiger partial charge is 0.464 e. The van der Waals surface area contributed by atoms with Gasteiger partial charge in [-0.3, -0.25) is 0 Å². The molecule has 0 aliphatic heterocycles. The third-order valence-corrected chi connectivity index (χ3v) is 4.04. The summed E-state index contributed by atoms with van der Waals surface area (Å²) >= 11 is 0. The molecule has 170 valence electrons. The summed E-state index contributed by atoms with van der Waals surface area (Å²) in [6, 6.07) is 9.04. The molecule has 0 saturated carbocycles. The highest BCUT2D eigenvalue weighted by Gasteiger charge is 2.31. The molecule has 0 saturated heterocycles. The molecular formula is C20H17F6N5O. The van der Waals surface area contributed by atoms with Crippen LogP contribution in [0.5, 0.6) is 6.01 Å². The zero-order valence-corrected chi connectivity index (χ0v) is 16.6. The molecule has 0 radical (unpaired) electrons. The zero-order chi connectivity index (χ0) is 23.4. The maximum Gasteiger partial charge on any atom is 0.416 e. The minimum absolute atomic E-state index is 0.0321. The minimum atomic E-state index is -4.52. The molecule has 1 heterocycles. The van der Waals surface area contributed by atoms with E-state index >= 15 is 0 Å². The van der Waals surface area contributed by atoms with E-state index in [4.69, 9.17) is 4.74 Å². The minimum Gasteiger partial charge on any atom is -0.464 e. The van der Waals surface area contributed by atoms with Gasteiger partial charge in [0.2, 0.25) is 11.9 Å². The molecule has 0 aliphatic rings. The summed E-state index contributed by atoms with van der Waals surface area (Å²) in [5, 5.41) is 5.42. The first-order valence-corrected chi connectivity index (χ1v) is 9.28. The molecule has 0 bridgehead atoms. The van der Waals surface area contributed by atoms with Gasteiger partial charge in [-0.2, -0.15) is 41.3 Å². The molecule has 0 unspecified atom stereocenters. The van der Waals surface area contributed by atoms with Crippen LogP contribution in [-0.2, 0) is 18.9 Å². The Bertz CT molecular complexity index is 1070. The number of alkyl halides is 6. The molecule has 0 aliphatic carbocycles. The van der Waals surface area contributed by atoms with Gasteiger partial charge in [-0.15, -0.1) is 0 Å². The molecule has 2 N–H and O–H groups in total. The molecule has 2 aromatic carbocycles. The van der Waals surface area contributed by atoms with E-state index in [1.165, 1.54) is 24.3 Å². The van der Waals surface area contributed by atoms with E-state index < -0.39 is 23.5 Å². The number of hydrogen-bond acceptors (Lipinski definition) is 6. The lowest BCUT2D eigenvalue weighted by Crippen LogP contribution is -2.11. The number of rotatable bonds is 7. The van der Waals surface area contributed by atoms with Gasteiger partial charge in [-0.05, 0) is 42.8 Å². The molecule has 32 heavy (non-hydrogen) atoms. The fourth-order valence-corrected chi connectivity index (χ4v) is 2.63. The zero-order valence-electron chi connectivity index (χ0n) is 16.6. The van der Waals surface area contributed by atoms with Crippen LogP contribution in [0.25, 0.3) is 0 Å². The second kappa shape index (κ2) is 9.28. The summed E-state index contributed by atoms with van der Waals surface area (Å²) < 4.78 is 82.7. The number of ether oxygens (including phenoxy) is 1. The molecule has 3 aromatic rings. The van der Waals surface area contributed by atoms with Gasteiger partial charge in [0.25, 0.3) is 0 Å². The Morgan fingerprint density at radius 1 is 0.812 bits per heavy atom. The van der Waals surface area contributed by atoms with E-state index in [1.54, 1.807) is 6.92 Å². The van der Waals surface area contributed by atoms with Gasteiger partial charge in [0.1, 0.15) is 0 Å². The number of benzene rings is 2. The Hall–Kier alpha value is -3.57. The average Bonchev–Trinajstić information content (AvgIpc) is 2.72. The van der Waals surface area contributed by atoms with E-state index in [0.717, 1.165) is 24.3 Å². The average molecular weight is 457 g/mol. The van der Waals surface area contributed by atoms with Crippen molar-refractivity contribution in [2.24, 2.45) is 0 Å². The van der Waals surface area contributed by atoms with Crippen LogP contribution < -0.4 is 15.4 Å². The Labute approximate surface area is 178 Å². The van der Waals surface area contributed by atoms with Crippen molar-refractivity contribution in [3.63, 3.8) is 0 Å². The van der Waals surface area contributed by atoms with E-state index in [1.807, 2.05) is 0 Å². The fraction of sp³-hybridized carbons (Fsp3) is 0.250. The van der Waals surface area contributed by atoms with Crippen molar-refractivity contribution < 1.29 is 31.1 Å². The SMILES string of the molecule is CCOc1nc(NCc2cccc(C(F)(F)F)c2)nc(Nc2cccc(C(F)(F)F)c2)n1. The topological polar surface area (TPSA) is 72.0 Å². The van der Waals surface area contributed by atoms with Crippen LogP contribution in [0, 0.1) is 0 Å². The predicted molar refractivity (Wildman–Crippen MR) is 104 cm³/mol. The Morgan fingerprint density at radius 3 is 2.09 bits per heavy atom. The summed E-state index contributed by atoms with van der Waals surface area (Å²) in [7, 11) is 0. The molecule has 3 rings (SSSR count). The summed E-state index contributed by atoms with van der Waals surface area (Å²) in [6.07, 6.45) is -9.00. The van der Waals surface area contributed by atoms with Crippen molar-refractivity contribution in [3.8, 4) is 6.01 Å². The van der Waals surface area contributed by atoms with Gasteiger partial charge < -0.3 is 15.4 Å². The molecule has 1 aromatic heterocycles. The number of anilines is 3. The summed E-state index contributed by atoms with van der Waals surface area (Å²) in [6.45, 7) is 1.85. The monoisotopic (exact) mass is 457 g/mol. The highest BCUT2D eigenvalue weighted by Crippen LogP contribution is 2.31. The maximum absolute atomic E-state index is 12.9. The number of halogens is 6. The smallest absolute Gasteiger partial charge is 0.416 e. The highest BCUT2D eigenvalue weighted by molar-refractivity contribution is 5.56. The van der Waals surface area contributed by atoms with Gasteiger partial charge in [-0.25, -0.2) is 0 Å². The Morgan fingerprint density at radius 2 is 1.44 bits per heavy atom. The van der Waals surface area contributed by atoms with Gasteiger partial charge >= 0.3 is 18.4 Å². The Balaban J connectivity index is 1.81. The van der Waals surface area contributed by atoms with E-state index in [9.17, 15) is 26.3 Å². The molecule has 0 spiro atoms. The van der Waals surface area contributed by atoms with Crippen LogP contribution in [0.15, 0.2) is 48.5 Å². The van der Waals surface area contributed by atoms with Gasteiger partial charge in [0.05, 0.1) is 17.7 Å². The van der Waals surface area contributed by atoms with Gasteiger partial charge in [-0.1, -0.05) is 18.2 Å². The number of nitrogens with one attached hydrogen (secondary N) is 2. The summed E-state index contributed by atoms with van der Waals surface area (Å²) in [5.41, 5.74) is -1.25. The summed E-state index contributed by atoms with van der Waals surface area (Å²) in [4.78, 5) is 12.1. The van der Waals surface area contributed by atoms with Crippen LogP contribution >= 0.6 is 0 Å². The molecule has 6 nitrogen and oxygen atoms in total. The first kappa shape index (κ1) is 23.1. The van der Waals surface area contributed by atoms with Crippen molar-refractivity contribution in [1.29, 1.82) is 0 Å². The lowest BCUT2D eigenvalue weighted by atomic mass is 10.1. The van der Waals surface area contributed by atoms with Gasteiger partial charge in [0, 0.05) is 12.2 Å². The first-order chi connectivity index (χ1) is 15.0. The van der Waals surface area contributed by atoms with Crippen LogP contribution in [0.3, 0.4) is 0 Å². The van der Waals surface area contributed by atoms with Crippen LogP contribution in [0.1, 0.15) is 23.6 Å². The Kier molecular flexibility index (Phi) is 6.70. The number of aromatic nitrogens is 3. The first-order valence-electron chi connectivity index (χ1n) is 9.28. The standard InChI is InChI=1S/C20H17F6N5O/c1-2-32-18-30-16(27-11-12-5-3-6-13(9-12)19(21,22)23)29-17(31-18)28-15-8-4-7-14(10-15)20(24,25)26/h3-10H,2,11H2,1H3,(H2,27,28,29,30,31). The van der Waals surface area contributed by atoms with Crippen LogP contribution in [0.2, 0.25) is 0 Å². The van der Waals surface area contributed by atoms with E-state index in [0.29, 0.717) is 5.56 Å². The second-order valence-electron chi connectivity index (χ2n) is 6.45. The maximum atomic E-state index is 12.9. The predicted octanol–water partition coefficient (Wildman–Crippen LogP) is 5.66. The normalized spacial score (nSPS) is 11.8. The quantitative estimate of drug-likeness (QED) is 0.446. The third kappa shape index (κ3) is 6.22. The lowest BCUT2D eigenvalue weighted by molar-refractivity contribution is -0.138. The molecular weight excluding hydrogens is 440 g/mol. The van der Waals surface area contributed by atoms with E-state index in [-0.39, 0.29) is 36.7 Å². The van der Waals surface area contributed by atoms with Gasteiger partial charge in [0.15, 0.2) is 0 Å². The van der Waals surface area contributed by atoms with E-state index in [2.05, 4.69) is 25.6 Å². The van der Waals surface area contributed by atoms with Crippen molar-refractivity contribution in [3.05, 3.63) is 65.2 Å². The van der Waals surface area contributed by atoms with Crippen LogP contribution in [-0.4, -0.2) is 21.6 Å². The van der Waals surface area contributed by atoms with Crippen molar-refractivity contribution >= 4 is 17.6 Å². The van der Waals surface area contributed by atoms with Crippen molar-refractivity contribution in [2.45, 2.75) is 25.8 Å². The molecule has 0 fully saturated rings. The third-order valence-electron chi connectivity index (χ3n) is 4.04. The summed E-state index contributed by atoms with van der Waals surface area (Å²) in [5.74, 6) is -0.135. The molecule has 12 heteroatoms. The molecule has 0 atom stereocenters. The molecule has 0 amide bonds. The number of hydrogen-bond donors (Lipinski definition) is 2.